The lowest BCUT2D eigenvalue weighted by molar-refractivity contribution is -0.245. The molecule has 2 aromatic rings. The Morgan fingerprint density at radius 2 is 1.83 bits per heavy atom. The Morgan fingerprint density at radius 1 is 1.17 bits per heavy atom. The van der Waals surface area contributed by atoms with E-state index in [0.29, 0.717) is 5.69 Å². The largest absolute Gasteiger partial charge is 0.756 e. The molecule has 0 bridgehead atoms. The second-order valence-electron chi connectivity index (χ2n) is 7.12. The number of ether oxygens (including phenoxy) is 2. The highest BCUT2D eigenvalue weighted by atomic mass is 31.3. The zero-order valence-electron chi connectivity index (χ0n) is 18.5. The quantitative estimate of drug-likeness (QED) is 0.315. The number of nitrogens with one attached hydrogen (secondary N) is 2. The normalized spacial score (nSPS) is 25.0. The van der Waals surface area contributed by atoms with E-state index in [-0.39, 0.29) is 0 Å². The summed E-state index contributed by atoms with van der Waals surface area (Å²) in [5.74, 6) is 0. The summed E-state index contributed by atoms with van der Waals surface area (Å²) in [7, 11) is -10.7. The number of nitrogens with zero attached hydrogens (tertiary/aromatic N) is 1. The van der Waals surface area contributed by atoms with Crippen LogP contribution in [0.15, 0.2) is 52.2 Å². The zero-order chi connectivity index (χ0) is 26.5. The van der Waals surface area contributed by atoms with Crippen molar-refractivity contribution in [3.05, 3.63) is 63.4 Å². The molecular weight excluding hydrogens is 528 g/mol. The average Bonchev–Trinajstić information content (AvgIpc) is 3.07. The number of aliphatic hydroxyl groups is 1. The maximum Gasteiger partial charge on any atom is 0.412 e. The van der Waals surface area contributed by atoms with Crippen LogP contribution in [-0.2, 0) is 32.0 Å². The Labute approximate surface area is 202 Å². The summed E-state index contributed by atoms with van der Waals surface area (Å²) in [4.78, 5) is 61.4. The number of carbonyl (C=O) groups is 1. The third kappa shape index (κ3) is 7.43. The van der Waals surface area contributed by atoms with Crippen LogP contribution in [0.25, 0.3) is 0 Å². The molecule has 6 atom stereocenters. The maximum atomic E-state index is 12.4. The number of hydrogen-bond donors (Lipinski definition) is 3. The molecule has 3 rings (SSSR count). The lowest BCUT2D eigenvalue weighted by atomic mass is 10.1. The molecule has 16 nitrogen and oxygen atoms in total. The highest BCUT2D eigenvalue weighted by molar-refractivity contribution is 7.59. The monoisotopic (exact) mass is 549 g/mol. The van der Waals surface area contributed by atoms with Crippen molar-refractivity contribution in [3.8, 4) is 0 Å². The fraction of sp³-hybridized carbons (Fsp3) is 0.389. The summed E-state index contributed by atoms with van der Waals surface area (Å²) in [6.45, 7) is -0.117. The molecule has 1 aromatic carbocycles. The van der Waals surface area contributed by atoms with Gasteiger partial charge in [0.05, 0.1) is 13.2 Å². The summed E-state index contributed by atoms with van der Waals surface area (Å²) in [5, 5.41) is 13.1. The van der Waals surface area contributed by atoms with Gasteiger partial charge in [0, 0.05) is 18.0 Å². The lowest BCUT2D eigenvalue weighted by Gasteiger charge is -2.30. The molecule has 1 aliphatic heterocycles. The molecule has 1 aromatic heterocycles. The van der Waals surface area contributed by atoms with E-state index in [0.717, 1.165) is 16.8 Å². The SMILES string of the molecule is CCOP(=O)([O-])OP(=O)([O-])OC[C@H]1O[C@@H](n2ccc(=O)[nH]c2=O)[C@@H](OC(=O)Nc2ccccc2)C1O. The summed E-state index contributed by atoms with van der Waals surface area (Å²) in [5.41, 5.74) is -1.38. The number of H-pyrrole nitrogens is 1. The van der Waals surface area contributed by atoms with Crippen LogP contribution in [0.1, 0.15) is 13.2 Å². The van der Waals surface area contributed by atoms with Crippen LogP contribution in [0, 0.1) is 0 Å². The molecule has 3 unspecified atom stereocenters. The van der Waals surface area contributed by atoms with Crippen LogP contribution >= 0.6 is 15.6 Å². The number of carbonyl (C=O) groups excluding carboxylic acids is 1. The van der Waals surface area contributed by atoms with Crippen LogP contribution in [0.4, 0.5) is 10.5 Å². The predicted octanol–water partition coefficient (Wildman–Crippen LogP) is -0.581. The number of benzene rings is 1. The van der Waals surface area contributed by atoms with Crippen LogP contribution in [0.3, 0.4) is 0 Å². The third-order valence-corrected chi connectivity index (χ3v) is 7.23. The van der Waals surface area contributed by atoms with Gasteiger partial charge < -0.3 is 33.4 Å². The van der Waals surface area contributed by atoms with Crippen LogP contribution in [0.5, 0.6) is 0 Å². The van der Waals surface area contributed by atoms with Gasteiger partial charge >= 0.3 is 11.8 Å². The van der Waals surface area contributed by atoms with Gasteiger partial charge in [0.2, 0.25) is 0 Å². The highest BCUT2D eigenvalue weighted by Gasteiger charge is 2.48. The Morgan fingerprint density at radius 3 is 2.47 bits per heavy atom. The zero-order valence-corrected chi connectivity index (χ0v) is 20.2. The average molecular weight is 549 g/mol. The van der Waals surface area contributed by atoms with Gasteiger partial charge in [0.15, 0.2) is 12.3 Å². The van der Waals surface area contributed by atoms with Gasteiger partial charge in [-0.1, -0.05) is 18.2 Å². The van der Waals surface area contributed by atoms with Gasteiger partial charge in [-0.2, -0.15) is 0 Å². The van der Waals surface area contributed by atoms with E-state index in [1.54, 1.807) is 30.3 Å². The molecule has 1 amide bonds. The van der Waals surface area contributed by atoms with E-state index < -0.39 is 70.7 Å². The van der Waals surface area contributed by atoms with Gasteiger partial charge in [-0.05, 0) is 19.1 Å². The van der Waals surface area contributed by atoms with E-state index >= 15 is 0 Å². The standard InChI is InChI=1S/C18H23N3O13P2/c1-2-30-35(26,27)34-36(28,29)31-10-12-14(23)15(33-18(25)19-11-6-4-3-5-7-11)16(32-12)21-9-8-13(22)20-17(21)24/h3-9,12,14-16,23H,2,10H2,1H3,(H,19,25)(H,26,27)(H,28,29)(H,20,22,24)/p-2/t12-,14?,15+,16-/m1/s1. The van der Waals surface area contributed by atoms with Gasteiger partial charge in [-0.3, -0.25) is 28.8 Å². The van der Waals surface area contributed by atoms with Crippen molar-refractivity contribution in [3.63, 3.8) is 0 Å². The Balaban J connectivity index is 1.78. The number of phosphoric acid groups is 2. The molecule has 0 radical (unpaired) electrons. The molecule has 0 saturated carbocycles. The molecule has 1 fully saturated rings. The van der Waals surface area contributed by atoms with Gasteiger partial charge in [-0.25, -0.2) is 13.9 Å². The minimum atomic E-state index is -5.50. The van der Waals surface area contributed by atoms with Crippen molar-refractivity contribution in [1.29, 1.82) is 0 Å². The number of para-hydroxylation sites is 1. The van der Waals surface area contributed by atoms with Crippen molar-refractivity contribution in [2.45, 2.75) is 31.5 Å². The maximum absolute atomic E-state index is 12.4. The number of phosphoric ester groups is 2. The van der Waals surface area contributed by atoms with Crippen LogP contribution in [-0.4, -0.2) is 52.3 Å². The highest BCUT2D eigenvalue weighted by Crippen LogP contribution is 2.55. The third-order valence-electron chi connectivity index (χ3n) is 4.59. The van der Waals surface area contributed by atoms with E-state index in [1.807, 2.05) is 4.98 Å². The first-order valence-electron chi connectivity index (χ1n) is 10.2. The minimum Gasteiger partial charge on any atom is -0.756 e. The van der Waals surface area contributed by atoms with E-state index in [1.165, 1.54) is 6.92 Å². The van der Waals surface area contributed by atoms with Crippen molar-refractivity contribution in [1.82, 2.24) is 9.55 Å². The summed E-state index contributed by atoms with van der Waals surface area (Å²) < 4.78 is 47.4. The number of aliphatic hydroxyl groups excluding tert-OH is 1. The molecule has 0 aliphatic carbocycles. The van der Waals surface area contributed by atoms with E-state index in [9.17, 15) is 38.4 Å². The molecule has 2 heterocycles. The second kappa shape index (κ2) is 11.6. The first-order chi connectivity index (χ1) is 16.9. The Kier molecular flexibility index (Phi) is 9.00. The lowest BCUT2D eigenvalue weighted by Crippen LogP contribution is -2.41. The van der Waals surface area contributed by atoms with Gasteiger partial charge in [0.1, 0.15) is 12.2 Å². The van der Waals surface area contributed by atoms with Gasteiger partial charge in [-0.15, -0.1) is 0 Å². The predicted molar refractivity (Wildman–Crippen MR) is 115 cm³/mol. The summed E-state index contributed by atoms with van der Waals surface area (Å²) >= 11 is 0. The molecule has 36 heavy (non-hydrogen) atoms. The molecule has 3 N–H and O–H groups in total. The number of hydrogen-bond acceptors (Lipinski definition) is 13. The van der Waals surface area contributed by atoms with Crippen LogP contribution < -0.4 is 26.4 Å². The number of rotatable bonds is 10. The Hall–Kier alpha value is -2.65. The number of aromatic nitrogens is 2. The number of amides is 1. The topological polar surface area (TPSA) is 231 Å². The van der Waals surface area contributed by atoms with Crippen molar-refractivity contribution in [2.24, 2.45) is 0 Å². The first kappa shape index (κ1) is 27.9. The van der Waals surface area contributed by atoms with Gasteiger partial charge in [0.25, 0.3) is 21.2 Å². The van der Waals surface area contributed by atoms with E-state index in [4.69, 9.17) is 9.47 Å². The summed E-state index contributed by atoms with van der Waals surface area (Å²) in [6, 6.07) is 9.02. The molecule has 1 aliphatic rings. The van der Waals surface area contributed by atoms with Crippen LogP contribution in [0.2, 0.25) is 0 Å². The van der Waals surface area contributed by atoms with Crippen molar-refractivity contribution >= 4 is 27.4 Å². The minimum absolute atomic E-state index is 0.342. The molecule has 0 spiro atoms. The summed E-state index contributed by atoms with van der Waals surface area (Å²) in [6.07, 6.45) is -6.54. The molecule has 198 valence electrons. The Bertz CT molecular complexity index is 1270. The smallest absolute Gasteiger partial charge is 0.412 e. The van der Waals surface area contributed by atoms with Crippen molar-refractivity contribution < 1.29 is 51.6 Å². The number of aromatic amines is 1. The van der Waals surface area contributed by atoms with E-state index in [2.05, 4.69) is 18.7 Å². The molecule has 1 saturated heterocycles. The first-order valence-corrected chi connectivity index (χ1v) is 13.1. The molecular formula is C18H21N3O13P2-2. The fourth-order valence-electron chi connectivity index (χ4n) is 3.12. The molecule has 18 heteroatoms. The second-order valence-corrected chi connectivity index (χ2v) is 10.1. The fourth-order valence-corrected chi connectivity index (χ4v) is 5.12. The van der Waals surface area contributed by atoms with Crippen molar-refractivity contribution in [2.75, 3.05) is 18.5 Å². The number of anilines is 1.